The SMILES string of the molecule is Cc1cnc(C(C)NCc2ccc(O)c(Br)c2)o1. The van der Waals surface area contributed by atoms with Crippen molar-refractivity contribution in [3.8, 4) is 5.75 Å². The van der Waals surface area contributed by atoms with E-state index >= 15 is 0 Å². The maximum absolute atomic E-state index is 9.41. The third-order valence-corrected chi connectivity index (χ3v) is 3.27. The van der Waals surface area contributed by atoms with Crippen LogP contribution in [0.3, 0.4) is 0 Å². The van der Waals surface area contributed by atoms with Gasteiger partial charge in [0.25, 0.3) is 0 Å². The first-order chi connectivity index (χ1) is 8.56. The van der Waals surface area contributed by atoms with Crippen molar-refractivity contribution in [3.63, 3.8) is 0 Å². The zero-order valence-electron chi connectivity index (χ0n) is 10.3. The van der Waals surface area contributed by atoms with Crippen LogP contribution in [0.4, 0.5) is 0 Å². The molecule has 0 saturated heterocycles. The summed E-state index contributed by atoms with van der Waals surface area (Å²) in [6, 6.07) is 5.48. The quantitative estimate of drug-likeness (QED) is 0.909. The molecule has 1 aromatic heterocycles. The normalized spacial score (nSPS) is 12.6. The van der Waals surface area contributed by atoms with Crippen molar-refractivity contribution in [2.24, 2.45) is 0 Å². The van der Waals surface area contributed by atoms with Gasteiger partial charge in [0.05, 0.1) is 16.7 Å². The van der Waals surface area contributed by atoms with Crippen LogP contribution in [-0.2, 0) is 6.54 Å². The molecule has 0 amide bonds. The van der Waals surface area contributed by atoms with Crippen LogP contribution in [0.25, 0.3) is 0 Å². The number of phenolic OH excluding ortho intramolecular Hbond substituents is 1. The molecule has 0 aliphatic carbocycles. The maximum Gasteiger partial charge on any atom is 0.211 e. The fourth-order valence-corrected chi connectivity index (χ4v) is 2.02. The molecule has 0 aliphatic rings. The van der Waals surface area contributed by atoms with Crippen molar-refractivity contribution in [2.45, 2.75) is 26.4 Å². The van der Waals surface area contributed by atoms with Gasteiger partial charge < -0.3 is 14.8 Å². The van der Waals surface area contributed by atoms with E-state index in [0.717, 1.165) is 11.3 Å². The van der Waals surface area contributed by atoms with Crippen LogP contribution in [0.1, 0.15) is 30.2 Å². The molecule has 2 aromatic rings. The number of hydrogen-bond donors (Lipinski definition) is 2. The molecular formula is C13H15BrN2O2. The molecule has 96 valence electrons. The van der Waals surface area contributed by atoms with Crippen LogP contribution in [-0.4, -0.2) is 10.1 Å². The summed E-state index contributed by atoms with van der Waals surface area (Å²) >= 11 is 3.29. The molecule has 0 bridgehead atoms. The Labute approximate surface area is 114 Å². The lowest BCUT2D eigenvalue weighted by atomic mass is 10.2. The second-order valence-electron chi connectivity index (χ2n) is 4.20. The van der Waals surface area contributed by atoms with E-state index in [2.05, 4.69) is 26.2 Å². The second-order valence-corrected chi connectivity index (χ2v) is 5.05. The minimum absolute atomic E-state index is 0.0475. The highest BCUT2D eigenvalue weighted by molar-refractivity contribution is 9.10. The van der Waals surface area contributed by atoms with E-state index in [9.17, 15) is 5.11 Å². The Morgan fingerprint density at radius 2 is 2.28 bits per heavy atom. The summed E-state index contributed by atoms with van der Waals surface area (Å²) in [5, 5.41) is 12.7. The number of aromatic nitrogens is 1. The van der Waals surface area contributed by atoms with Gasteiger partial charge in [0, 0.05) is 6.54 Å². The Morgan fingerprint density at radius 3 is 2.89 bits per heavy atom. The standard InChI is InChI=1S/C13H15BrN2O2/c1-8-6-16-13(18-8)9(2)15-7-10-3-4-12(17)11(14)5-10/h3-6,9,15,17H,7H2,1-2H3. The minimum Gasteiger partial charge on any atom is -0.507 e. The number of rotatable bonds is 4. The van der Waals surface area contributed by atoms with Gasteiger partial charge in [0.15, 0.2) is 0 Å². The highest BCUT2D eigenvalue weighted by Crippen LogP contribution is 2.24. The Balaban J connectivity index is 1.97. The van der Waals surface area contributed by atoms with Crippen LogP contribution in [0.2, 0.25) is 0 Å². The lowest BCUT2D eigenvalue weighted by molar-refractivity contribution is 0.402. The first-order valence-electron chi connectivity index (χ1n) is 5.69. The van der Waals surface area contributed by atoms with Gasteiger partial charge in [-0.15, -0.1) is 0 Å². The first-order valence-corrected chi connectivity index (χ1v) is 6.48. The fraction of sp³-hybridized carbons (Fsp3) is 0.308. The summed E-state index contributed by atoms with van der Waals surface area (Å²) in [7, 11) is 0. The summed E-state index contributed by atoms with van der Waals surface area (Å²) in [5.41, 5.74) is 1.08. The number of oxazole rings is 1. The average Bonchev–Trinajstić information content (AvgIpc) is 2.77. The monoisotopic (exact) mass is 310 g/mol. The molecule has 18 heavy (non-hydrogen) atoms. The molecule has 1 atom stereocenters. The smallest absolute Gasteiger partial charge is 0.211 e. The summed E-state index contributed by atoms with van der Waals surface area (Å²) in [6.45, 7) is 4.56. The number of nitrogens with one attached hydrogen (secondary N) is 1. The molecule has 0 radical (unpaired) electrons. The van der Waals surface area contributed by atoms with Crippen LogP contribution < -0.4 is 5.32 Å². The average molecular weight is 311 g/mol. The molecule has 0 saturated carbocycles. The van der Waals surface area contributed by atoms with E-state index in [1.165, 1.54) is 0 Å². The molecule has 1 aromatic carbocycles. The van der Waals surface area contributed by atoms with E-state index in [-0.39, 0.29) is 11.8 Å². The summed E-state index contributed by atoms with van der Waals surface area (Å²) < 4.78 is 6.15. The largest absolute Gasteiger partial charge is 0.507 e. The summed E-state index contributed by atoms with van der Waals surface area (Å²) in [6.07, 6.45) is 1.71. The predicted molar refractivity (Wildman–Crippen MR) is 72.3 cm³/mol. The highest BCUT2D eigenvalue weighted by atomic mass is 79.9. The number of benzene rings is 1. The fourth-order valence-electron chi connectivity index (χ4n) is 1.59. The first kappa shape index (κ1) is 13.1. The van der Waals surface area contributed by atoms with Gasteiger partial charge in [0.1, 0.15) is 11.5 Å². The molecule has 2 rings (SSSR count). The Bertz CT molecular complexity index is 540. The summed E-state index contributed by atoms with van der Waals surface area (Å²) in [5.74, 6) is 1.74. The van der Waals surface area contributed by atoms with E-state index in [4.69, 9.17) is 4.42 Å². The van der Waals surface area contributed by atoms with Crippen LogP contribution in [0, 0.1) is 6.92 Å². The molecular weight excluding hydrogens is 296 g/mol. The van der Waals surface area contributed by atoms with Crippen molar-refractivity contribution >= 4 is 15.9 Å². The number of halogens is 1. The number of phenols is 1. The maximum atomic E-state index is 9.41. The van der Waals surface area contributed by atoms with Gasteiger partial charge in [0.2, 0.25) is 5.89 Å². The zero-order chi connectivity index (χ0) is 13.1. The van der Waals surface area contributed by atoms with E-state index in [1.54, 1.807) is 12.3 Å². The lowest BCUT2D eigenvalue weighted by Gasteiger charge is -2.10. The third-order valence-electron chi connectivity index (χ3n) is 2.63. The Kier molecular flexibility index (Phi) is 4.04. The molecule has 1 heterocycles. The van der Waals surface area contributed by atoms with Crippen molar-refractivity contribution in [2.75, 3.05) is 0 Å². The number of aryl methyl sites for hydroxylation is 1. The number of hydrogen-bond acceptors (Lipinski definition) is 4. The molecule has 2 N–H and O–H groups in total. The van der Waals surface area contributed by atoms with Crippen LogP contribution >= 0.6 is 15.9 Å². The van der Waals surface area contributed by atoms with Gasteiger partial charge in [-0.3, -0.25) is 0 Å². The second kappa shape index (κ2) is 5.54. The van der Waals surface area contributed by atoms with Crippen LogP contribution in [0.5, 0.6) is 5.75 Å². The molecule has 4 nitrogen and oxygen atoms in total. The molecule has 0 spiro atoms. The van der Waals surface area contributed by atoms with Crippen LogP contribution in [0.15, 0.2) is 33.3 Å². The van der Waals surface area contributed by atoms with Gasteiger partial charge in [-0.2, -0.15) is 0 Å². The number of nitrogens with zero attached hydrogens (tertiary/aromatic N) is 1. The van der Waals surface area contributed by atoms with E-state index in [1.807, 2.05) is 26.0 Å². The zero-order valence-corrected chi connectivity index (χ0v) is 11.9. The lowest BCUT2D eigenvalue weighted by Crippen LogP contribution is -2.18. The molecule has 0 fully saturated rings. The highest BCUT2D eigenvalue weighted by Gasteiger charge is 2.10. The topological polar surface area (TPSA) is 58.3 Å². The predicted octanol–water partition coefficient (Wildman–Crippen LogP) is 3.30. The Morgan fingerprint density at radius 1 is 1.50 bits per heavy atom. The minimum atomic E-state index is 0.0475. The van der Waals surface area contributed by atoms with Gasteiger partial charge in [-0.25, -0.2) is 4.98 Å². The summed E-state index contributed by atoms with van der Waals surface area (Å²) in [4.78, 5) is 4.18. The van der Waals surface area contributed by atoms with E-state index < -0.39 is 0 Å². The van der Waals surface area contributed by atoms with Crippen molar-refractivity contribution in [1.82, 2.24) is 10.3 Å². The van der Waals surface area contributed by atoms with E-state index in [0.29, 0.717) is 16.9 Å². The van der Waals surface area contributed by atoms with Gasteiger partial charge >= 0.3 is 0 Å². The molecule has 5 heteroatoms. The van der Waals surface area contributed by atoms with Gasteiger partial charge in [-0.05, 0) is 47.5 Å². The van der Waals surface area contributed by atoms with Crippen molar-refractivity contribution in [3.05, 3.63) is 46.1 Å². The molecule has 0 aliphatic heterocycles. The third kappa shape index (κ3) is 3.11. The molecule has 1 unspecified atom stereocenters. The number of aromatic hydroxyl groups is 1. The van der Waals surface area contributed by atoms with Gasteiger partial charge in [-0.1, -0.05) is 6.07 Å². The van der Waals surface area contributed by atoms with Crippen molar-refractivity contribution < 1.29 is 9.52 Å². The Hall–Kier alpha value is -1.33. The van der Waals surface area contributed by atoms with Crippen molar-refractivity contribution in [1.29, 1.82) is 0 Å².